The number of ether oxygens (including phenoxy) is 1. The molecule has 1 atom stereocenters. The number of carbonyl (C=O) groups excluding carboxylic acids is 1. The number of hydrogen-bond acceptors (Lipinski definition) is 3. The van der Waals surface area contributed by atoms with Crippen molar-refractivity contribution in [2.75, 3.05) is 6.54 Å². The van der Waals surface area contributed by atoms with Crippen molar-refractivity contribution in [3.05, 3.63) is 0 Å². The standard InChI is InChI=1S/C10H15NO2/c1-10(2,3)13-9(12)5-4-8-6-7-11-8/h8,11H,6-7H2,1-3H3. The lowest BCUT2D eigenvalue weighted by Gasteiger charge is -2.21. The molecule has 0 aromatic heterocycles. The van der Waals surface area contributed by atoms with Crippen molar-refractivity contribution in [2.24, 2.45) is 0 Å². The number of nitrogens with one attached hydrogen (secondary N) is 1. The van der Waals surface area contributed by atoms with Gasteiger partial charge in [0.05, 0.1) is 6.04 Å². The van der Waals surface area contributed by atoms with Crippen LogP contribution in [-0.4, -0.2) is 24.2 Å². The average Bonchev–Trinajstić information content (AvgIpc) is 1.78. The minimum absolute atomic E-state index is 0.188. The molecule has 0 bridgehead atoms. The van der Waals surface area contributed by atoms with Gasteiger partial charge in [-0.25, -0.2) is 4.79 Å². The van der Waals surface area contributed by atoms with Gasteiger partial charge in [-0.2, -0.15) is 0 Å². The first-order valence-corrected chi connectivity index (χ1v) is 4.45. The fourth-order valence-electron chi connectivity index (χ4n) is 0.862. The van der Waals surface area contributed by atoms with Crippen LogP contribution in [0.25, 0.3) is 0 Å². The van der Waals surface area contributed by atoms with Gasteiger partial charge in [-0.05, 0) is 33.7 Å². The molecule has 1 saturated heterocycles. The van der Waals surface area contributed by atoms with Crippen LogP contribution in [-0.2, 0) is 9.53 Å². The van der Waals surface area contributed by atoms with Crippen LogP contribution in [0.2, 0.25) is 0 Å². The zero-order valence-electron chi connectivity index (χ0n) is 8.31. The maximum atomic E-state index is 11.1. The van der Waals surface area contributed by atoms with E-state index in [9.17, 15) is 4.79 Å². The van der Waals surface area contributed by atoms with Gasteiger partial charge in [0.2, 0.25) is 0 Å². The topological polar surface area (TPSA) is 38.3 Å². The fourth-order valence-corrected chi connectivity index (χ4v) is 0.862. The molecule has 0 aromatic carbocycles. The predicted octanol–water partition coefficient (Wildman–Crippen LogP) is 0.693. The van der Waals surface area contributed by atoms with E-state index in [1.807, 2.05) is 20.8 Å². The second-order valence-electron chi connectivity index (χ2n) is 4.07. The lowest BCUT2D eigenvalue weighted by Crippen LogP contribution is -2.41. The summed E-state index contributed by atoms with van der Waals surface area (Å²) < 4.78 is 5.02. The first-order valence-electron chi connectivity index (χ1n) is 4.45. The van der Waals surface area contributed by atoms with Crippen LogP contribution in [0.4, 0.5) is 0 Å². The molecule has 1 aliphatic rings. The van der Waals surface area contributed by atoms with Crippen molar-refractivity contribution in [2.45, 2.75) is 38.8 Å². The molecule has 0 amide bonds. The Morgan fingerprint density at radius 3 is 2.54 bits per heavy atom. The van der Waals surface area contributed by atoms with Crippen molar-refractivity contribution in [3.63, 3.8) is 0 Å². The third-order valence-electron chi connectivity index (χ3n) is 1.57. The third kappa shape index (κ3) is 3.95. The molecule has 1 unspecified atom stereocenters. The van der Waals surface area contributed by atoms with Gasteiger partial charge in [0.25, 0.3) is 0 Å². The average molecular weight is 181 g/mol. The summed E-state index contributed by atoms with van der Waals surface area (Å²) in [4.78, 5) is 11.1. The first kappa shape index (κ1) is 10.1. The Bertz CT molecular complexity index is 250. The molecule has 0 aromatic rings. The molecule has 1 N–H and O–H groups in total. The zero-order chi connectivity index (χ0) is 9.90. The Kier molecular flexibility index (Phi) is 2.94. The van der Waals surface area contributed by atoms with Crippen LogP contribution in [0, 0.1) is 11.8 Å². The molecule has 1 heterocycles. The van der Waals surface area contributed by atoms with Crippen molar-refractivity contribution in [1.82, 2.24) is 5.32 Å². The molecule has 0 aliphatic carbocycles. The number of rotatable bonds is 0. The summed E-state index contributed by atoms with van der Waals surface area (Å²) in [6.07, 6.45) is 1.02. The van der Waals surface area contributed by atoms with Crippen molar-refractivity contribution in [3.8, 4) is 11.8 Å². The second-order valence-corrected chi connectivity index (χ2v) is 4.07. The van der Waals surface area contributed by atoms with Gasteiger partial charge in [0.1, 0.15) is 5.60 Å². The minimum Gasteiger partial charge on any atom is -0.450 e. The number of esters is 1. The highest BCUT2D eigenvalue weighted by atomic mass is 16.6. The van der Waals surface area contributed by atoms with Crippen LogP contribution in [0.3, 0.4) is 0 Å². The summed E-state index contributed by atoms with van der Waals surface area (Å²) in [6.45, 7) is 6.48. The Hall–Kier alpha value is -1.01. The SMILES string of the molecule is CC(C)(C)OC(=O)C#CC1CCN1. The highest BCUT2D eigenvalue weighted by Crippen LogP contribution is 2.06. The third-order valence-corrected chi connectivity index (χ3v) is 1.57. The van der Waals surface area contributed by atoms with Crippen LogP contribution in [0.1, 0.15) is 27.2 Å². The zero-order valence-corrected chi connectivity index (χ0v) is 8.31. The summed E-state index contributed by atoms with van der Waals surface area (Å²) in [5.41, 5.74) is -0.446. The highest BCUT2D eigenvalue weighted by molar-refractivity contribution is 5.88. The van der Waals surface area contributed by atoms with E-state index in [2.05, 4.69) is 17.2 Å². The van der Waals surface area contributed by atoms with Crippen LogP contribution >= 0.6 is 0 Å². The van der Waals surface area contributed by atoms with Gasteiger partial charge in [0.15, 0.2) is 0 Å². The second kappa shape index (κ2) is 3.80. The van der Waals surface area contributed by atoms with Crippen LogP contribution in [0.5, 0.6) is 0 Å². The molecule has 1 rings (SSSR count). The van der Waals surface area contributed by atoms with E-state index in [-0.39, 0.29) is 6.04 Å². The Morgan fingerprint density at radius 2 is 2.15 bits per heavy atom. The van der Waals surface area contributed by atoms with E-state index in [1.165, 1.54) is 0 Å². The van der Waals surface area contributed by atoms with E-state index >= 15 is 0 Å². The summed E-state index contributed by atoms with van der Waals surface area (Å²) in [5.74, 6) is 4.83. The van der Waals surface area contributed by atoms with E-state index in [1.54, 1.807) is 0 Å². The van der Waals surface area contributed by atoms with Gasteiger partial charge < -0.3 is 10.1 Å². The van der Waals surface area contributed by atoms with Crippen molar-refractivity contribution in [1.29, 1.82) is 0 Å². The van der Waals surface area contributed by atoms with Crippen LogP contribution in [0.15, 0.2) is 0 Å². The van der Waals surface area contributed by atoms with Gasteiger partial charge in [-0.3, -0.25) is 0 Å². The quantitative estimate of drug-likeness (QED) is 0.339. The maximum Gasteiger partial charge on any atom is 0.384 e. The Balaban J connectivity index is 2.34. The molecule has 72 valence electrons. The Morgan fingerprint density at radius 1 is 1.54 bits per heavy atom. The molecule has 0 spiro atoms. The molecule has 1 aliphatic heterocycles. The normalized spacial score (nSPS) is 21.0. The number of carbonyl (C=O) groups is 1. The predicted molar refractivity (Wildman–Crippen MR) is 50.0 cm³/mol. The molecule has 1 fully saturated rings. The lowest BCUT2D eigenvalue weighted by molar-refractivity contribution is -0.147. The van der Waals surface area contributed by atoms with E-state index < -0.39 is 11.6 Å². The van der Waals surface area contributed by atoms with Gasteiger partial charge in [-0.1, -0.05) is 5.92 Å². The smallest absolute Gasteiger partial charge is 0.384 e. The van der Waals surface area contributed by atoms with Gasteiger partial charge in [-0.15, -0.1) is 0 Å². The van der Waals surface area contributed by atoms with Crippen molar-refractivity contribution >= 4 is 5.97 Å². The summed E-state index contributed by atoms with van der Waals surface area (Å²) in [7, 11) is 0. The molecule has 13 heavy (non-hydrogen) atoms. The highest BCUT2D eigenvalue weighted by Gasteiger charge is 2.16. The maximum absolute atomic E-state index is 11.1. The fraction of sp³-hybridized carbons (Fsp3) is 0.700. The molecule has 0 saturated carbocycles. The Labute approximate surface area is 78.8 Å². The van der Waals surface area contributed by atoms with Crippen molar-refractivity contribution < 1.29 is 9.53 Å². The van der Waals surface area contributed by atoms with Crippen LogP contribution < -0.4 is 5.32 Å². The molecular formula is C10H15NO2. The largest absolute Gasteiger partial charge is 0.450 e. The van der Waals surface area contributed by atoms with E-state index in [0.29, 0.717) is 0 Å². The van der Waals surface area contributed by atoms with Gasteiger partial charge >= 0.3 is 5.97 Å². The molecular weight excluding hydrogens is 166 g/mol. The first-order chi connectivity index (χ1) is 5.97. The van der Waals surface area contributed by atoms with E-state index in [0.717, 1.165) is 13.0 Å². The summed E-state index contributed by atoms with van der Waals surface area (Å²) in [5, 5.41) is 3.08. The van der Waals surface area contributed by atoms with E-state index in [4.69, 9.17) is 4.74 Å². The molecule has 0 radical (unpaired) electrons. The monoisotopic (exact) mass is 181 g/mol. The summed E-state index contributed by atoms with van der Waals surface area (Å²) >= 11 is 0. The minimum atomic E-state index is -0.446. The number of hydrogen-bond donors (Lipinski definition) is 1. The van der Waals surface area contributed by atoms with Gasteiger partial charge in [0, 0.05) is 5.92 Å². The summed E-state index contributed by atoms with van der Waals surface area (Å²) in [6, 6.07) is 0.188. The molecule has 3 heteroatoms. The lowest BCUT2D eigenvalue weighted by atomic mass is 10.1. The molecule has 3 nitrogen and oxygen atoms in total.